The third kappa shape index (κ3) is 5.20. The van der Waals surface area contributed by atoms with Crippen molar-refractivity contribution in [2.24, 2.45) is 5.92 Å². The van der Waals surface area contributed by atoms with Crippen LogP contribution in [0.4, 0.5) is 0 Å². The van der Waals surface area contributed by atoms with Crippen molar-refractivity contribution in [1.82, 2.24) is 15.1 Å². The molecule has 1 saturated carbocycles. The number of likely N-dealkylation sites (N-methyl/N-ethyl adjacent to an activating group) is 1. The minimum atomic E-state index is 0.501. The predicted octanol–water partition coefficient (Wildman–Crippen LogP) is 1.81. The zero-order chi connectivity index (χ0) is 15.2. The first-order valence-corrected chi connectivity index (χ1v) is 8.79. The fourth-order valence-electron chi connectivity index (χ4n) is 3.73. The molecule has 1 heterocycles. The van der Waals surface area contributed by atoms with Gasteiger partial charge >= 0.3 is 0 Å². The van der Waals surface area contributed by atoms with Crippen LogP contribution in [-0.2, 0) is 4.74 Å². The summed E-state index contributed by atoms with van der Waals surface area (Å²) < 4.78 is 5.47. The van der Waals surface area contributed by atoms with Crippen molar-refractivity contribution < 1.29 is 4.74 Å². The van der Waals surface area contributed by atoms with Crippen molar-refractivity contribution in [1.29, 1.82) is 0 Å². The normalized spacial score (nSPS) is 30.7. The average Bonchev–Trinajstić information content (AvgIpc) is 2.49. The molecule has 0 aromatic rings. The van der Waals surface area contributed by atoms with E-state index in [9.17, 15) is 0 Å². The number of rotatable bonds is 6. The van der Waals surface area contributed by atoms with Crippen molar-refractivity contribution in [3.63, 3.8) is 0 Å². The first-order chi connectivity index (χ1) is 10.1. The number of nitrogens with one attached hydrogen (secondary N) is 1. The first kappa shape index (κ1) is 17.2. The SMILES string of the molecule is COC1CCC(NCC(C(C)C)N2CCN(C)CC2)CC1. The molecule has 21 heavy (non-hydrogen) atoms. The zero-order valence-corrected chi connectivity index (χ0v) is 14.5. The molecule has 0 spiro atoms. The molecule has 1 aliphatic carbocycles. The maximum Gasteiger partial charge on any atom is 0.0572 e. The van der Waals surface area contributed by atoms with Gasteiger partial charge in [-0.2, -0.15) is 0 Å². The molecule has 0 aromatic heterocycles. The van der Waals surface area contributed by atoms with E-state index in [0.29, 0.717) is 18.2 Å². The molecule has 2 fully saturated rings. The summed E-state index contributed by atoms with van der Waals surface area (Å²) in [5.74, 6) is 0.719. The summed E-state index contributed by atoms with van der Waals surface area (Å²) in [4.78, 5) is 5.13. The molecule has 0 bridgehead atoms. The highest BCUT2D eigenvalue weighted by Gasteiger charge is 2.26. The Bertz CT molecular complexity index is 282. The first-order valence-electron chi connectivity index (χ1n) is 8.79. The second-order valence-electron chi connectivity index (χ2n) is 7.27. The van der Waals surface area contributed by atoms with Gasteiger partial charge in [-0.15, -0.1) is 0 Å². The van der Waals surface area contributed by atoms with Gasteiger partial charge in [0.15, 0.2) is 0 Å². The van der Waals surface area contributed by atoms with Gasteiger partial charge in [-0.05, 0) is 38.6 Å². The van der Waals surface area contributed by atoms with Crippen LogP contribution in [-0.4, -0.2) is 74.9 Å². The van der Waals surface area contributed by atoms with E-state index in [1.54, 1.807) is 0 Å². The Morgan fingerprint density at radius 1 is 1.05 bits per heavy atom. The Morgan fingerprint density at radius 3 is 2.19 bits per heavy atom. The summed E-state index contributed by atoms with van der Waals surface area (Å²) >= 11 is 0. The largest absolute Gasteiger partial charge is 0.381 e. The maximum atomic E-state index is 5.47. The molecule has 1 N–H and O–H groups in total. The molecular formula is C17H35N3O. The summed E-state index contributed by atoms with van der Waals surface area (Å²) in [6.45, 7) is 10.7. The smallest absolute Gasteiger partial charge is 0.0572 e. The summed E-state index contributed by atoms with van der Waals surface area (Å²) in [6, 6.07) is 1.38. The van der Waals surface area contributed by atoms with Crippen molar-refractivity contribution >= 4 is 0 Å². The fraction of sp³-hybridized carbons (Fsp3) is 1.00. The Kier molecular flexibility index (Phi) is 6.93. The van der Waals surface area contributed by atoms with Gasteiger partial charge in [0.1, 0.15) is 0 Å². The molecule has 1 atom stereocenters. The molecule has 124 valence electrons. The molecular weight excluding hydrogens is 262 g/mol. The molecule has 4 heteroatoms. The van der Waals surface area contributed by atoms with Crippen LogP contribution in [0.25, 0.3) is 0 Å². The van der Waals surface area contributed by atoms with Crippen LogP contribution in [0.1, 0.15) is 39.5 Å². The molecule has 2 rings (SSSR count). The highest BCUT2D eigenvalue weighted by atomic mass is 16.5. The van der Waals surface area contributed by atoms with Crippen LogP contribution in [0.3, 0.4) is 0 Å². The van der Waals surface area contributed by atoms with Crippen LogP contribution in [0.15, 0.2) is 0 Å². The maximum absolute atomic E-state index is 5.47. The number of hydrogen-bond donors (Lipinski definition) is 1. The molecule has 4 nitrogen and oxygen atoms in total. The molecule has 0 amide bonds. The van der Waals surface area contributed by atoms with Crippen LogP contribution in [0.5, 0.6) is 0 Å². The standard InChI is InChI=1S/C17H35N3O/c1-14(2)17(20-11-9-19(3)10-12-20)13-18-15-5-7-16(21-4)8-6-15/h14-18H,5-13H2,1-4H3. The zero-order valence-electron chi connectivity index (χ0n) is 14.5. The van der Waals surface area contributed by atoms with E-state index in [1.807, 2.05) is 7.11 Å². The van der Waals surface area contributed by atoms with Gasteiger partial charge in [0.25, 0.3) is 0 Å². The van der Waals surface area contributed by atoms with E-state index < -0.39 is 0 Å². The highest BCUT2D eigenvalue weighted by Crippen LogP contribution is 2.21. The predicted molar refractivity (Wildman–Crippen MR) is 88.8 cm³/mol. The Balaban J connectivity index is 1.75. The van der Waals surface area contributed by atoms with Gasteiger partial charge in [0, 0.05) is 51.9 Å². The molecule has 1 saturated heterocycles. The van der Waals surface area contributed by atoms with Crippen molar-refractivity contribution in [2.75, 3.05) is 46.9 Å². The van der Waals surface area contributed by atoms with Crippen LogP contribution >= 0.6 is 0 Å². The van der Waals surface area contributed by atoms with Gasteiger partial charge in [-0.1, -0.05) is 13.8 Å². The van der Waals surface area contributed by atoms with Crippen molar-refractivity contribution in [3.05, 3.63) is 0 Å². The molecule has 0 aromatic carbocycles. The minimum Gasteiger partial charge on any atom is -0.381 e. The van der Waals surface area contributed by atoms with Crippen LogP contribution in [0, 0.1) is 5.92 Å². The van der Waals surface area contributed by atoms with E-state index in [1.165, 1.54) is 51.9 Å². The summed E-state index contributed by atoms with van der Waals surface area (Å²) in [6.07, 6.45) is 5.48. The monoisotopic (exact) mass is 297 g/mol. The topological polar surface area (TPSA) is 27.7 Å². The van der Waals surface area contributed by atoms with Gasteiger partial charge in [-0.3, -0.25) is 4.90 Å². The second-order valence-corrected chi connectivity index (χ2v) is 7.27. The lowest BCUT2D eigenvalue weighted by molar-refractivity contribution is 0.0571. The Labute approximate surface area is 131 Å². The number of ether oxygens (including phenoxy) is 1. The second kappa shape index (κ2) is 8.47. The Morgan fingerprint density at radius 2 is 1.67 bits per heavy atom. The van der Waals surface area contributed by atoms with Gasteiger partial charge < -0.3 is 15.0 Å². The van der Waals surface area contributed by atoms with Crippen molar-refractivity contribution in [2.45, 2.75) is 57.7 Å². The molecule has 1 aliphatic heterocycles. The summed E-state index contributed by atoms with van der Waals surface area (Å²) in [7, 11) is 4.08. The lowest BCUT2D eigenvalue weighted by Crippen LogP contribution is -2.54. The van der Waals surface area contributed by atoms with Gasteiger partial charge in [-0.25, -0.2) is 0 Å². The number of piperazine rings is 1. The summed E-state index contributed by atoms with van der Waals surface area (Å²) in [5.41, 5.74) is 0. The quantitative estimate of drug-likeness (QED) is 0.809. The Hall–Kier alpha value is -0.160. The average molecular weight is 297 g/mol. The van der Waals surface area contributed by atoms with Crippen LogP contribution in [0.2, 0.25) is 0 Å². The number of methoxy groups -OCH3 is 1. The number of hydrogen-bond acceptors (Lipinski definition) is 4. The lowest BCUT2D eigenvalue weighted by atomic mass is 9.92. The number of nitrogens with zero attached hydrogens (tertiary/aromatic N) is 2. The van der Waals surface area contributed by atoms with E-state index in [0.717, 1.165) is 12.5 Å². The molecule has 2 aliphatic rings. The summed E-state index contributed by atoms with van der Waals surface area (Å²) in [5, 5.41) is 3.85. The molecule has 0 radical (unpaired) electrons. The van der Waals surface area contributed by atoms with E-state index in [-0.39, 0.29) is 0 Å². The van der Waals surface area contributed by atoms with Gasteiger partial charge in [0.05, 0.1) is 6.10 Å². The van der Waals surface area contributed by atoms with E-state index in [2.05, 4.69) is 36.0 Å². The highest BCUT2D eigenvalue weighted by molar-refractivity contribution is 4.84. The van der Waals surface area contributed by atoms with Gasteiger partial charge in [0.2, 0.25) is 0 Å². The lowest BCUT2D eigenvalue weighted by Gasteiger charge is -2.41. The van der Waals surface area contributed by atoms with Crippen molar-refractivity contribution in [3.8, 4) is 0 Å². The molecule has 1 unspecified atom stereocenters. The minimum absolute atomic E-state index is 0.501. The van der Waals surface area contributed by atoms with E-state index >= 15 is 0 Å². The third-order valence-corrected chi connectivity index (χ3v) is 5.40. The van der Waals surface area contributed by atoms with Crippen LogP contribution < -0.4 is 5.32 Å². The fourth-order valence-corrected chi connectivity index (χ4v) is 3.73. The van der Waals surface area contributed by atoms with E-state index in [4.69, 9.17) is 4.74 Å². The third-order valence-electron chi connectivity index (χ3n) is 5.40.